The standard InChI is InChI=1S/C6H9NO3S/c1-3-10-5-6(4-7)11(2,8)9/h5H,3H2,1-2H3/b6-5-. The van der Waals surface area contributed by atoms with Crippen molar-refractivity contribution in [3.63, 3.8) is 0 Å². The minimum absolute atomic E-state index is 0.348. The maximum atomic E-state index is 10.7. The lowest BCUT2D eigenvalue weighted by Crippen LogP contribution is -1.99. The molecule has 0 saturated carbocycles. The van der Waals surface area contributed by atoms with Crippen LogP contribution in [0.5, 0.6) is 0 Å². The van der Waals surface area contributed by atoms with Crippen LogP contribution in [0.2, 0.25) is 0 Å². The summed E-state index contributed by atoms with van der Waals surface area (Å²) in [4.78, 5) is -0.348. The minimum Gasteiger partial charge on any atom is -0.499 e. The number of rotatable bonds is 3. The Kier molecular flexibility index (Phi) is 3.61. The van der Waals surface area contributed by atoms with Crippen LogP contribution in [0.4, 0.5) is 0 Å². The Hall–Kier alpha value is -1.02. The molecule has 0 fully saturated rings. The first-order valence-corrected chi connectivity index (χ1v) is 4.83. The van der Waals surface area contributed by atoms with Crippen molar-refractivity contribution >= 4 is 9.84 Å². The molecule has 0 N–H and O–H groups in total. The Morgan fingerprint density at radius 2 is 2.27 bits per heavy atom. The fourth-order valence-corrected chi connectivity index (χ4v) is 0.764. The van der Waals surface area contributed by atoms with E-state index in [9.17, 15) is 8.42 Å². The molecule has 0 aromatic rings. The Bertz CT molecular complexity index is 283. The molecule has 11 heavy (non-hydrogen) atoms. The molecular weight excluding hydrogens is 166 g/mol. The zero-order chi connectivity index (χ0) is 8.91. The number of hydrogen-bond acceptors (Lipinski definition) is 4. The molecule has 0 radical (unpaired) electrons. The highest BCUT2D eigenvalue weighted by Crippen LogP contribution is 2.01. The van der Waals surface area contributed by atoms with Crippen molar-refractivity contribution in [2.75, 3.05) is 12.9 Å². The molecule has 0 aliphatic rings. The minimum atomic E-state index is -3.41. The molecule has 0 spiro atoms. The van der Waals surface area contributed by atoms with Gasteiger partial charge in [-0.25, -0.2) is 8.42 Å². The summed E-state index contributed by atoms with van der Waals surface area (Å²) in [6.45, 7) is 2.05. The molecule has 5 heteroatoms. The molecule has 0 heterocycles. The van der Waals surface area contributed by atoms with Crippen molar-refractivity contribution < 1.29 is 13.2 Å². The molecule has 0 rings (SSSR count). The summed E-state index contributed by atoms with van der Waals surface area (Å²) in [5.41, 5.74) is 0. The summed E-state index contributed by atoms with van der Waals surface area (Å²) in [5.74, 6) is 0. The first kappa shape index (κ1) is 9.98. The SMILES string of the molecule is CCO/C=C(/C#N)S(C)(=O)=O. The van der Waals surface area contributed by atoms with Crippen molar-refractivity contribution in [1.82, 2.24) is 0 Å². The summed E-state index contributed by atoms with van der Waals surface area (Å²) in [5, 5.41) is 8.31. The molecule has 0 aromatic carbocycles. The van der Waals surface area contributed by atoms with Gasteiger partial charge in [0.1, 0.15) is 12.3 Å². The molecule has 0 unspecified atom stereocenters. The second kappa shape index (κ2) is 3.98. The van der Waals surface area contributed by atoms with Crippen LogP contribution in [-0.4, -0.2) is 21.3 Å². The largest absolute Gasteiger partial charge is 0.499 e. The molecular formula is C6H9NO3S. The summed E-state index contributed by atoms with van der Waals surface area (Å²) in [6, 6.07) is 1.52. The summed E-state index contributed by atoms with van der Waals surface area (Å²) in [7, 11) is -3.41. The predicted molar refractivity (Wildman–Crippen MR) is 40.2 cm³/mol. The van der Waals surface area contributed by atoms with E-state index in [2.05, 4.69) is 4.74 Å². The molecule has 0 bridgehead atoms. The molecule has 62 valence electrons. The van der Waals surface area contributed by atoms with Gasteiger partial charge in [0, 0.05) is 6.26 Å². The number of nitriles is 1. The highest BCUT2D eigenvalue weighted by molar-refractivity contribution is 7.94. The van der Waals surface area contributed by atoms with Crippen LogP contribution in [0.3, 0.4) is 0 Å². The van der Waals surface area contributed by atoms with Gasteiger partial charge < -0.3 is 4.74 Å². The van der Waals surface area contributed by atoms with Gasteiger partial charge in [-0.15, -0.1) is 0 Å². The van der Waals surface area contributed by atoms with E-state index >= 15 is 0 Å². The molecule has 0 aliphatic carbocycles. The van der Waals surface area contributed by atoms with Crippen molar-refractivity contribution in [3.05, 3.63) is 11.2 Å². The number of nitrogens with zero attached hydrogens (tertiary/aromatic N) is 1. The van der Waals surface area contributed by atoms with Gasteiger partial charge in [0.25, 0.3) is 0 Å². The Balaban J connectivity index is 4.60. The normalized spacial score (nSPS) is 12.3. The number of hydrogen-bond donors (Lipinski definition) is 0. The van der Waals surface area contributed by atoms with E-state index in [1.165, 1.54) is 6.07 Å². The van der Waals surface area contributed by atoms with Gasteiger partial charge in [-0.3, -0.25) is 0 Å². The van der Waals surface area contributed by atoms with Crippen molar-refractivity contribution in [3.8, 4) is 6.07 Å². The van der Waals surface area contributed by atoms with Gasteiger partial charge in [-0.2, -0.15) is 5.26 Å². The van der Waals surface area contributed by atoms with Gasteiger partial charge in [-0.1, -0.05) is 0 Å². The fourth-order valence-electron chi connectivity index (χ4n) is 0.356. The van der Waals surface area contributed by atoms with Crippen LogP contribution in [0, 0.1) is 11.3 Å². The molecule has 4 nitrogen and oxygen atoms in total. The maximum absolute atomic E-state index is 10.7. The van der Waals surface area contributed by atoms with Crippen LogP contribution in [0.25, 0.3) is 0 Å². The summed E-state index contributed by atoms with van der Waals surface area (Å²) in [6.07, 6.45) is 1.91. The van der Waals surface area contributed by atoms with E-state index in [-0.39, 0.29) is 4.91 Å². The van der Waals surface area contributed by atoms with Crippen molar-refractivity contribution in [2.45, 2.75) is 6.92 Å². The van der Waals surface area contributed by atoms with E-state index in [0.717, 1.165) is 12.5 Å². The average Bonchev–Trinajstić information content (AvgIpc) is 1.87. The van der Waals surface area contributed by atoms with Gasteiger partial charge >= 0.3 is 0 Å². The second-order valence-electron chi connectivity index (χ2n) is 1.82. The van der Waals surface area contributed by atoms with Gasteiger partial charge in [-0.05, 0) is 6.92 Å². The number of ether oxygens (including phenoxy) is 1. The first-order valence-electron chi connectivity index (χ1n) is 2.94. The maximum Gasteiger partial charge on any atom is 0.188 e. The van der Waals surface area contributed by atoms with Gasteiger partial charge in [0.2, 0.25) is 0 Å². The molecule has 0 aromatic heterocycles. The van der Waals surface area contributed by atoms with E-state index < -0.39 is 9.84 Å². The quantitative estimate of drug-likeness (QED) is 0.461. The third-order valence-electron chi connectivity index (χ3n) is 0.867. The van der Waals surface area contributed by atoms with Crippen LogP contribution in [-0.2, 0) is 14.6 Å². The highest BCUT2D eigenvalue weighted by Gasteiger charge is 2.09. The topological polar surface area (TPSA) is 67.2 Å². The summed E-state index contributed by atoms with van der Waals surface area (Å²) < 4.78 is 26.0. The van der Waals surface area contributed by atoms with Crippen molar-refractivity contribution in [2.24, 2.45) is 0 Å². The zero-order valence-corrected chi connectivity index (χ0v) is 7.18. The van der Waals surface area contributed by atoms with Crippen molar-refractivity contribution in [1.29, 1.82) is 5.26 Å². The first-order chi connectivity index (χ1) is 5.02. The van der Waals surface area contributed by atoms with E-state index in [0.29, 0.717) is 6.61 Å². The van der Waals surface area contributed by atoms with Gasteiger partial charge in [0.15, 0.2) is 14.7 Å². The number of sulfone groups is 1. The smallest absolute Gasteiger partial charge is 0.188 e. The van der Waals surface area contributed by atoms with Crippen LogP contribution < -0.4 is 0 Å². The summed E-state index contributed by atoms with van der Waals surface area (Å²) >= 11 is 0. The van der Waals surface area contributed by atoms with Crippen LogP contribution in [0.1, 0.15) is 6.92 Å². The Labute approximate surface area is 66.0 Å². The number of allylic oxidation sites excluding steroid dienone is 1. The lowest BCUT2D eigenvalue weighted by Gasteiger charge is -1.94. The second-order valence-corrected chi connectivity index (χ2v) is 3.81. The Morgan fingerprint density at radius 3 is 2.55 bits per heavy atom. The fraction of sp³-hybridized carbons (Fsp3) is 0.500. The van der Waals surface area contributed by atoms with E-state index in [1.54, 1.807) is 6.92 Å². The van der Waals surface area contributed by atoms with Crippen LogP contribution >= 0.6 is 0 Å². The van der Waals surface area contributed by atoms with Gasteiger partial charge in [0.05, 0.1) is 6.61 Å². The Morgan fingerprint density at radius 1 is 1.73 bits per heavy atom. The molecule has 0 amide bonds. The third kappa shape index (κ3) is 3.63. The van der Waals surface area contributed by atoms with E-state index in [4.69, 9.17) is 5.26 Å². The monoisotopic (exact) mass is 175 g/mol. The van der Waals surface area contributed by atoms with E-state index in [1.807, 2.05) is 0 Å². The molecule has 0 aliphatic heterocycles. The lowest BCUT2D eigenvalue weighted by atomic mass is 10.7. The lowest BCUT2D eigenvalue weighted by molar-refractivity contribution is 0.268. The molecule has 0 saturated heterocycles. The highest BCUT2D eigenvalue weighted by atomic mass is 32.2. The average molecular weight is 175 g/mol. The molecule has 0 atom stereocenters. The predicted octanol–water partition coefficient (Wildman–Crippen LogP) is 0.432. The van der Waals surface area contributed by atoms with Crippen LogP contribution in [0.15, 0.2) is 11.2 Å². The zero-order valence-electron chi connectivity index (χ0n) is 6.36. The third-order valence-corrected chi connectivity index (χ3v) is 1.85.